The van der Waals surface area contributed by atoms with E-state index in [1.54, 1.807) is 30.8 Å². The number of thioether (sulfide) groups is 1. The van der Waals surface area contributed by atoms with Gasteiger partial charge in [-0.1, -0.05) is 30.3 Å². The molecule has 1 rings (SSSR count). The average molecular weight is 464 g/mol. The molecule has 0 bridgehead atoms. The number of carbonyl (C=O) groups is 1. The van der Waals surface area contributed by atoms with E-state index in [-0.39, 0.29) is 41.2 Å². The standard InChI is InChI=1S/C17H28N4OS.HI/c1-17(2,23-5)13-20-16(19-12-15(22)21(3)4)18-11-14-9-7-6-8-10-14;/h6-10H,11-13H2,1-5H3,(H2,18,19,20);1H. The Hall–Kier alpha value is -0.960. The van der Waals surface area contributed by atoms with Crippen molar-refractivity contribution in [1.82, 2.24) is 15.5 Å². The lowest BCUT2D eigenvalue weighted by atomic mass is 10.2. The van der Waals surface area contributed by atoms with E-state index >= 15 is 0 Å². The molecule has 0 saturated carbocycles. The van der Waals surface area contributed by atoms with Gasteiger partial charge in [-0.25, -0.2) is 4.99 Å². The zero-order valence-electron chi connectivity index (χ0n) is 15.1. The average Bonchev–Trinajstić information content (AvgIpc) is 2.54. The van der Waals surface area contributed by atoms with E-state index in [0.29, 0.717) is 12.5 Å². The summed E-state index contributed by atoms with van der Waals surface area (Å²) < 4.78 is 0.0980. The number of carbonyl (C=O) groups excluding carboxylic acids is 1. The van der Waals surface area contributed by atoms with Crippen LogP contribution in [0.3, 0.4) is 0 Å². The molecule has 2 N–H and O–H groups in total. The SMILES string of the molecule is CSC(C)(C)CNC(=NCc1ccccc1)NCC(=O)N(C)C.I. The number of hydrogen-bond donors (Lipinski definition) is 2. The lowest BCUT2D eigenvalue weighted by Crippen LogP contribution is -2.46. The van der Waals surface area contributed by atoms with Gasteiger partial charge in [0.05, 0.1) is 13.1 Å². The van der Waals surface area contributed by atoms with Crippen LogP contribution in [0.5, 0.6) is 0 Å². The molecule has 0 aromatic heterocycles. The van der Waals surface area contributed by atoms with Crippen LogP contribution in [0.4, 0.5) is 0 Å². The van der Waals surface area contributed by atoms with Crippen molar-refractivity contribution in [1.29, 1.82) is 0 Å². The Morgan fingerprint density at radius 1 is 1.21 bits per heavy atom. The highest BCUT2D eigenvalue weighted by Crippen LogP contribution is 2.19. The van der Waals surface area contributed by atoms with Gasteiger partial charge >= 0.3 is 0 Å². The molecule has 0 atom stereocenters. The Morgan fingerprint density at radius 2 is 1.83 bits per heavy atom. The molecule has 0 aliphatic rings. The topological polar surface area (TPSA) is 56.7 Å². The van der Waals surface area contributed by atoms with Gasteiger partial charge in [-0.3, -0.25) is 4.79 Å². The summed E-state index contributed by atoms with van der Waals surface area (Å²) in [7, 11) is 3.49. The van der Waals surface area contributed by atoms with E-state index in [0.717, 1.165) is 12.1 Å². The van der Waals surface area contributed by atoms with Gasteiger partial charge in [0.1, 0.15) is 0 Å². The minimum Gasteiger partial charge on any atom is -0.355 e. The fourth-order valence-corrected chi connectivity index (χ4v) is 1.83. The minimum atomic E-state index is 0. The second-order valence-corrected chi connectivity index (χ2v) is 7.62. The summed E-state index contributed by atoms with van der Waals surface area (Å²) in [5.41, 5.74) is 1.14. The molecular formula is C17H29IN4OS. The van der Waals surface area contributed by atoms with Crippen LogP contribution in [0, 0.1) is 0 Å². The van der Waals surface area contributed by atoms with Crippen LogP contribution in [-0.4, -0.2) is 55.0 Å². The second kappa shape index (κ2) is 11.6. The smallest absolute Gasteiger partial charge is 0.241 e. The lowest BCUT2D eigenvalue weighted by Gasteiger charge is -2.24. The molecule has 0 radical (unpaired) electrons. The Morgan fingerprint density at radius 3 is 2.38 bits per heavy atom. The van der Waals surface area contributed by atoms with Crippen LogP contribution in [0.1, 0.15) is 19.4 Å². The summed E-state index contributed by atoms with van der Waals surface area (Å²) in [6.07, 6.45) is 2.09. The summed E-state index contributed by atoms with van der Waals surface area (Å²) >= 11 is 1.79. The van der Waals surface area contributed by atoms with Gasteiger partial charge in [0.15, 0.2) is 5.96 Å². The van der Waals surface area contributed by atoms with Crippen molar-refractivity contribution in [3.8, 4) is 0 Å². The van der Waals surface area contributed by atoms with E-state index in [1.165, 1.54) is 0 Å². The van der Waals surface area contributed by atoms with Crippen molar-refractivity contribution < 1.29 is 4.79 Å². The maximum Gasteiger partial charge on any atom is 0.241 e. The van der Waals surface area contributed by atoms with Crippen LogP contribution in [0.15, 0.2) is 35.3 Å². The summed E-state index contributed by atoms with van der Waals surface area (Å²) in [6.45, 7) is 5.92. The lowest BCUT2D eigenvalue weighted by molar-refractivity contribution is -0.127. The van der Waals surface area contributed by atoms with Gasteiger partial charge in [-0.05, 0) is 25.7 Å². The first kappa shape index (κ1) is 23.0. The third-order valence-electron chi connectivity index (χ3n) is 3.40. The quantitative estimate of drug-likeness (QED) is 0.370. The zero-order chi connectivity index (χ0) is 17.3. The molecule has 24 heavy (non-hydrogen) atoms. The molecule has 5 nitrogen and oxygen atoms in total. The van der Waals surface area contributed by atoms with E-state index in [9.17, 15) is 4.79 Å². The van der Waals surface area contributed by atoms with Crippen LogP contribution in [0.25, 0.3) is 0 Å². The van der Waals surface area contributed by atoms with E-state index in [4.69, 9.17) is 0 Å². The normalized spacial score (nSPS) is 11.5. The maximum atomic E-state index is 11.8. The van der Waals surface area contributed by atoms with Crippen molar-refractivity contribution >= 4 is 47.6 Å². The highest BCUT2D eigenvalue weighted by molar-refractivity contribution is 14.0. The molecule has 1 amide bonds. The van der Waals surface area contributed by atoms with Gasteiger partial charge < -0.3 is 15.5 Å². The maximum absolute atomic E-state index is 11.8. The van der Waals surface area contributed by atoms with Crippen molar-refractivity contribution in [3.05, 3.63) is 35.9 Å². The number of nitrogens with one attached hydrogen (secondary N) is 2. The molecule has 1 aromatic rings. The molecule has 136 valence electrons. The number of hydrogen-bond acceptors (Lipinski definition) is 3. The van der Waals surface area contributed by atoms with Gasteiger partial charge in [-0.15, -0.1) is 24.0 Å². The van der Waals surface area contributed by atoms with Gasteiger partial charge in [-0.2, -0.15) is 11.8 Å². The first-order chi connectivity index (χ1) is 10.8. The van der Waals surface area contributed by atoms with Crippen LogP contribution in [0.2, 0.25) is 0 Å². The van der Waals surface area contributed by atoms with Crippen LogP contribution >= 0.6 is 35.7 Å². The first-order valence-corrected chi connectivity index (χ1v) is 8.88. The van der Waals surface area contributed by atoms with Gasteiger partial charge in [0.2, 0.25) is 5.91 Å². The molecule has 0 spiro atoms. The molecule has 0 fully saturated rings. The van der Waals surface area contributed by atoms with Crippen molar-refractivity contribution in [3.63, 3.8) is 0 Å². The van der Waals surface area contributed by atoms with Gasteiger partial charge in [0, 0.05) is 25.4 Å². The minimum absolute atomic E-state index is 0. The molecule has 0 aliphatic heterocycles. The number of amides is 1. The highest BCUT2D eigenvalue weighted by atomic mass is 127. The predicted molar refractivity (Wildman–Crippen MR) is 115 cm³/mol. The Bertz CT molecular complexity index is 521. The molecule has 0 heterocycles. The van der Waals surface area contributed by atoms with Crippen LogP contribution in [-0.2, 0) is 11.3 Å². The Kier molecular flexibility index (Phi) is 11.1. The van der Waals surface area contributed by atoms with Crippen molar-refractivity contribution in [2.45, 2.75) is 25.1 Å². The van der Waals surface area contributed by atoms with Crippen molar-refractivity contribution in [2.24, 2.45) is 4.99 Å². The summed E-state index contributed by atoms with van der Waals surface area (Å²) in [5.74, 6) is 0.675. The van der Waals surface area contributed by atoms with Crippen molar-refractivity contribution in [2.75, 3.05) is 33.4 Å². The van der Waals surface area contributed by atoms with E-state index < -0.39 is 0 Å². The zero-order valence-corrected chi connectivity index (χ0v) is 18.3. The highest BCUT2D eigenvalue weighted by Gasteiger charge is 2.16. The largest absolute Gasteiger partial charge is 0.355 e. The molecule has 0 unspecified atom stereocenters. The molecule has 0 aliphatic carbocycles. The summed E-state index contributed by atoms with van der Waals surface area (Å²) in [4.78, 5) is 17.9. The molecule has 7 heteroatoms. The number of halogens is 1. The summed E-state index contributed by atoms with van der Waals surface area (Å²) in [6, 6.07) is 10.1. The third-order valence-corrected chi connectivity index (χ3v) is 4.65. The summed E-state index contributed by atoms with van der Waals surface area (Å²) in [5, 5.41) is 6.43. The molecule has 0 saturated heterocycles. The molecular weight excluding hydrogens is 435 g/mol. The Balaban J connectivity index is 0.00000529. The fraction of sp³-hybridized carbons (Fsp3) is 0.529. The monoisotopic (exact) mass is 464 g/mol. The predicted octanol–water partition coefficient (Wildman–Crippen LogP) is 2.57. The third kappa shape index (κ3) is 9.36. The van der Waals surface area contributed by atoms with E-state index in [2.05, 4.69) is 35.7 Å². The number of nitrogens with zero attached hydrogens (tertiary/aromatic N) is 2. The Labute approximate surface area is 167 Å². The molecule has 1 aromatic carbocycles. The second-order valence-electron chi connectivity index (χ2n) is 6.11. The number of benzene rings is 1. The number of guanidine groups is 1. The van der Waals surface area contributed by atoms with E-state index in [1.807, 2.05) is 30.3 Å². The van der Waals surface area contributed by atoms with Crippen LogP contribution < -0.4 is 10.6 Å². The fourth-order valence-electron chi connectivity index (χ4n) is 1.61. The number of aliphatic imine (C=N–C) groups is 1. The first-order valence-electron chi connectivity index (χ1n) is 7.65. The number of likely N-dealkylation sites (N-methyl/N-ethyl adjacent to an activating group) is 1. The number of rotatable bonds is 7. The van der Waals surface area contributed by atoms with Gasteiger partial charge in [0.25, 0.3) is 0 Å².